The summed E-state index contributed by atoms with van der Waals surface area (Å²) in [7, 11) is 3.46. The number of hydrogen-bond acceptors (Lipinski definition) is 4. The van der Waals surface area contributed by atoms with Crippen LogP contribution >= 0.6 is 0 Å². The number of piperidine rings is 1. The molecule has 2 rings (SSSR count). The molecule has 5 nitrogen and oxygen atoms in total. The van der Waals surface area contributed by atoms with Crippen molar-refractivity contribution in [2.24, 2.45) is 0 Å². The molecule has 0 aliphatic carbocycles. The van der Waals surface area contributed by atoms with E-state index >= 15 is 0 Å². The van der Waals surface area contributed by atoms with Crippen LogP contribution in [0.2, 0.25) is 0 Å². The van der Waals surface area contributed by atoms with Gasteiger partial charge in [-0.25, -0.2) is 0 Å². The first-order chi connectivity index (χ1) is 9.54. The summed E-state index contributed by atoms with van der Waals surface area (Å²) < 4.78 is 0. The fourth-order valence-electron chi connectivity index (χ4n) is 2.69. The molecule has 1 aromatic rings. The Morgan fingerprint density at radius 1 is 1.45 bits per heavy atom. The number of nitrogens with two attached hydrogens (primary N) is 1. The third-order valence-corrected chi connectivity index (χ3v) is 3.83. The molecule has 0 aromatic heterocycles. The molecule has 0 radical (unpaired) electrons. The maximum absolute atomic E-state index is 12.1. The molecule has 0 saturated carbocycles. The van der Waals surface area contributed by atoms with Gasteiger partial charge in [-0.15, -0.1) is 0 Å². The third kappa shape index (κ3) is 2.88. The molecule has 1 atom stereocenters. The molecule has 110 valence electrons. The average Bonchev–Trinajstić information content (AvgIpc) is 2.47. The van der Waals surface area contributed by atoms with Crippen LogP contribution < -0.4 is 10.6 Å². The molecule has 1 aromatic carbocycles. The van der Waals surface area contributed by atoms with Gasteiger partial charge in [-0.3, -0.25) is 4.79 Å². The molecule has 1 saturated heterocycles. The van der Waals surface area contributed by atoms with Crippen molar-refractivity contribution in [3.05, 3.63) is 23.8 Å². The van der Waals surface area contributed by atoms with E-state index in [2.05, 4.69) is 4.90 Å². The second kappa shape index (κ2) is 6.13. The molecule has 1 amide bonds. The maximum Gasteiger partial charge on any atom is 0.253 e. The molecular weight excluding hydrogens is 254 g/mol. The van der Waals surface area contributed by atoms with E-state index in [1.165, 1.54) is 0 Å². The predicted octanol–water partition coefficient (Wildman–Crippen LogP) is 1.32. The van der Waals surface area contributed by atoms with E-state index in [-0.39, 0.29) is 18.6 Å². The highest BCUT2D eigenvalue weighted by Gasteiger charge is 2.24. The van der Waals surface area contributed by atoms with Gasteiger partial charge in [0.15, 0.2) is 0 Å². The summed E-state index contributed by atoms with van der Waals surface area (Å²) in [6.45, 7) is 0.986. The van der Waals surface area contributed by atoms with Crippen LogP contribution in [0.1, 0.15) is 29.6 Å². The molecule has 1 aliphatic heterocycles. The Morgan fingerprint density at radius 3 is 2.85 bits per heavy atom. The summed E-state index contributed by atoms with van der Waals surface area (Å²) in [5.41, 5.74) is 8.20. The SMILES string of the molecule is CN(C)C(=O)c1ccc(N)c(N2CCCCC2CO)c1. The van der Waals surface area contributed by atoms with Gasteiger partial charge in [0.2, 0.25) is 0 Å². The highest BCUT2D eigenvalue weighted by atomic mass is 16.3. The van der Waals surface area contributed by atoms with Crippen LogP contribution in [0.3, 0.4) is 0 Å². The number of benzene rings is 1. The molecule has 20 heavy (non-hydrogen) atoms. The molecule has 1 heterocycles. The quantitative estimate of drug-likeness (QED) is 0.818. The zero-order valence-electron chi connectivity index (χ0n) is 12.2. The average molecular weight is 277 g/mol. The van der Waals surface area contributed by atoms with Crippen LogP contribution in [0.25, 0.3) is 0 Å². The third-order valence-electron chi connectivity index (χ3n) is 3.83. The lowest BCUT2D eigenvalue weighted by atomic mass is 10.0. The number of carbonyl (C=O) groups excluding carboxylic acids is 1. The normalized spacial score (nSPS) is 18.9. The molecule has 1 fully saturated rings. The topological polar surface area (TPSA) is 69.8 Å². The van der Waals surface area contributed by atoms with Crippen molar-refractivity contribution in [2.45, 2.75) is 25.3 Å². The van der Waals surface area contributed by atoms with Gasteiger partial charge in [0, 0.05) is 26.2 Å². The monoisotopic (exact) mass is 277 g/mol. The van der Waals surface area contributed by atoms with Gasteiger partial charge in [-0.05, 0) is 37.5 Å². The molecule has 1 aliphatic rings. The van der Waals surface area contributed by atoms with Crippen molar-refractivity contribution in [2.75, 3.05) is 37.9 Å². The summed E-state index contributed by atoms with van der Waals surface area (Å²) in [6.07, 6.45) is 3.17. The van der Waals surface area contributed by atoms with E-state index in [1.807, 2.05) is 6.07 Å². The minimum atomic E-state index is -0.0381. The van der Waals surface area contributed by atoms with Gasteiger partial charge in [0.05, 0.1) is 24.0 Å². The van der Waals surface area contributed by atoms with Crippen molar-refractivity contribution >= 4 is 17.3 Å². The zero-order chi connectivity index (χ0) is 14.7. The second-order valence-corrected chi connectivity index (χ2v) is 5.50. The number of aliphatic hydroxyl groups is 1. The number of carbonyl (C=O) groups is 1. The second-order valence-electron chi connectivity index (χ2n) is 5.50. The van der Waals surface area contributed by atoms with E-state index in [0.717, 1.165) is 31.5 Å². The summed E-state index contributed by atoms with van der Waals surface area (Å²) in [5, 5.41) is 9.52. The minimum absolute atomic E-state index is 0.0381. The Balaban J connectivity index is 2.34. The summed E-state index contributed by atoms with van der Waals surface area (Å²) in [6, 6.07) is 5.45. The highest BCUT2D eigenvalue weighted by molar-refractivity contribution is 5.96. The number of anilines is 2. The fourth-order valence-corrected chi connectivity index (χ4v) is 2.69. The first kappa shape index (κ1) is 14.7. The Hall–Kier alpha value is -1.75. The molecule has 3 N–H and O–H groups in total. The Kier molecular flexibility index (Phi) is 4.49. The van der Waals surface area contributed by atoms with Crippen molar-refractivity contribution in [3.8, 4) is 0 Å². The van der Waals surface area contributed by atoms with E-state index in [9.17, 15) is 9.90 Å². The van der Waals surface area contributed by atoms with Crippen LogP contribution in [-0.4, -0.2) is 49.2 Å². The largest absolute Gasteiger partial charge is 0.397 e. The van der Waals surface area contributed by atoms with Gasteiger partial charge in [-0.2, -0.15) is 0 Å². The molecule has 5 heteroatoms. The van der Waals surface area contributed by atoms with E-state index in [1.54, 1.807) is 31.1 Å². The first-order valence-electron chi connectivity index (χ1n) is 7.03. The number of rotatable bonds is 3. The standard InChI is InChI=1S/C15H23N3O2/c1-17(2)15(20)11-6-7-13(16)14(9-11)18-8-4-3-5-12(18)10-19/h6-7,9,12,19H,3-5,8,10,16H2,1-2H3. The van der Waals surface area contributed by atoms with Crippen molar-refractivity contribution in [1.29, 1.82) is 0 Å². The van der Waals surface area contributed by atoms with Crippen molar-refractivity contribution in [1.82, 2.24) is 4.90 Å². The smallest absolute Gasteiger partial charge is 0.253 e. The number of nitrogens with zero attached hydrogens (tertiary/aromatic N) is 2. The highest BCUT2D eigenvalue weighted by Crippen LogP contribution is 2.30. The van der Waals surface area contributed by atoms with E-state index in [0.29, 0.717) is 11.3 Å². The lowest BCUT2D eigenvalue weighted by Crippen LogP contribution is -2.42. The van der Waals surface area contributed by atoms with Crippen molar-refractivity contribution in [3.63, 3.8) is 0 Å². The summed E-state index contributed by atoms with van der Waals surface area (Å²) in [4.78, 5) is 15.7. The number of hydrogen-bond donors (Lipinski definition) is 2. The number of nitrogen functional groups attached to an aromatic ring is 1. The van der Waals surface area contributed by atoms with E-state index in [4.69, 9.17) is 5.73 Å². The van der Waals surface area contributed by atoms with Gasteiger partial charge in [0.1, 0.15) is 0 Å². The van der Waals surface area contributed by atoms with Gasteiger partial charge < -0.3 is 20.6 Å². The van der Waals surface area contributed by atoms with Gasteiger partial charge >= 0.3 is 0 Å². The van der Waals surface area contributed by atoms with Crippen LogP contribution in [0.4, 0.5) is 11.4 Å². The molecule has 0 bridgehead atoms. The van der Waals surface area contributed by atoms with Crippen molar-refractivity contribution < 1.29 is 9.90 Å². The van der Waals surface area contributed by atoms with E-state index < -0.39 is 0 Å². The summed E-state index contributed by atoms with van der Waals surface area (Å²) >= 11 is 0. The Morgan fingerprint density at radius 2 is 2.20 bits per heavy atom. The lowest BCUT2D eigenvalue weighted by Gasteiger charge is -2.37. The summed E-state index contributed by atoms with van der Waals surface area (Å²) in [5.74, 6) is -0.0381. The molecule has 0 spiro atoms. The minimum Gasteiger partial charge on any atom is -0.397 e. The van der Waals surface area contributed by atoms with Crippen LogP contribution in [0, 0.1) is 0 Å². The Labute approximate surface area is 120 Å². The fraction of sp³-hybridized carbons (Fsp3) is 0.533. The van der Waals surface area contributed by atoms with Crippen LogP contribution in [0.5, 0.6) is 0 Å². The lowest BCUT2D eigenvalue weighted by molar-refractivity contribution is 0.0827. The predicted molar refractivity (Wildman–Crippen MR) is 80.9 cm³/mol. The zero-order valence-corrected chi connectivity index (χ0v) is 12.2. The van der Waals surface area contributed by atoms with Gasteiger partial charge in [0.25, 0.3) is 5.91 Å². The Bertz CT molecular complexity index is 488. The first-order valence-corrected chi connectivity index (χ1v) is 7.03. The molecular formula is C15H23N3O2. The number of amides is 1. The van der Waals surface area contributed by atoms with Gasteiger partial charge in [-0.1, -0.05) is 0 Å². The van der Waals surface area contributed by atoms with Crippen LogP contribution in [-0.2, 0) is 0 Å². The number of aliphatic hydroxyl groups excluding tert-OH is 1. The molecule has 1 unspecified atom stereocenters. The maximum atomic E-state index is 12.1. The van der Waals surface area contributed by atoms with Crippen LogP contribution in [0.15, 0.2) is 18.2 Å².